The Hall–Kier alpha value is -4.73. The van der Waals surface area contributed by atoms with Crippen LogP contribution < -0.4 is 0 Å². The van der Waals surface area contributed by atoms with Gasteiger partial charge >= 0.3 is 42.0 Å². The smallest absolute Gasteiger partial charge is 0.466 e. The van der Waals surface area contributed by atoms with E-state index in [1.807, 2.05) is 0 Å². The molecule has 77 heavy (non-hydrogen) atoms. The number of unbranched alkanes of at least 4 members (excludes halogenated alkanes) is 15. The Kier molecular flexibility index (Phi) is 50.0. The molecule has 16 heteroatoms. The third kappa shape index (κ3) is 48.2. The van der Waals surface area contributed by atoms with E-state index in [-0.39, 0.29) is 63.6 Å². The van der Waals surface area contributed by atoms with Crippen LogP contribution in [0.1, 0.15) is 234 Å². The molecule has 0 aliphatic heterocycles. The minimum atomic E-state index is -1.47. The van der Waals surface area contributed by atoms with Gasteiger partial charge in [-0.1, -0.05) is 110 Å². The molecule has 0 N–H and O–H groups in total. The van der Waals surface area contributed by atoms with Crippen molar-refractivity contribution < 1.29 is 71.5 Å². The minimum Gasteiger partial charge on any atom is -0.466 e. The summed E-state index contributed by atoms with van der Waals surface area (Å²) < 4.78 is 44.3. The number of carbonyl (C=O) groups excluding carboxylic acids is 7. The van der Waals surface area contributed by atoms with Gasteiger partial charge in [0.15, 0.2) is 0 Å². The lowest BCUT2D eigenvalue weighted by Gasteiger charge is -2.31. The fourth-order valence-electron chi connectivity index (χ4n) is 7.80. The van der Waals surface area contributed by atoms with E-state index in [2.05, 4.69) is 76.0 Å². The van der Waals surface area contributed by atoms with Crippen molar-refractivity contribution in [2.75, 3.05) is 72.5 Å². The lowest BCUT2D eigenvalue weighted by molar-refractivity contribution is -0.166. The summed E-state index contributed by atoms with van der Waals surface area (Å²) in [5.74, 6) is -2.29. The van der Waals surface area contributed by atoms with Gasteiger partial charge in [-0.3, -0.25) is 28.8 Å². The van der Waals surface area contributed by atoms with Gasteiger partial charge in [-0.05, 0) is 135 Å². The van der Waals surface area contributed by atoms with E-state index in [1.54, 1.807) is 0 Å². The second kappa shape index (κ2) is 53.3. The zero-order valence-electron chi connectivity index (χ0n) is 48.7. The highest BCUT2D eigenvalue weighted by Crippen LogP contribution is 2.24. The summed E-state index contributed by atoms with van der Waals surface area (Å²) in [5.41, 5.74) is -1.47. The Balaban J connectivity index is 5.57. The number of esters is 6. The Bertz CT molecular complexity index is 1450. The van der Waals surface area contributed by atoms with Gasteiger partial charge in [0.05, 0.1) is 26.4 Å². The van der Waals surface area contributed by atoms with Crippen molar-refractivity contribution in [3.8, 4) is 0 Å². The van der Waals surface area contributed by atoms with Gasteiger partial charge in [0.2, 0.25) is 0 Å². The molecule has 0 amide bonds. The number of carbonyl (C=O) groups is 7. The molecule has 0 aromatic heterocycles. The maximum absolute atomic E-state index is 13.2. The normalized spacial score (nSPS) is 11.6. The quantitative estimate of drug-likeness (QED) is 0.0241. The fourth-order valence-corrected chi connectivity index (χ4v) is 7.80. The molecule has 0 saturated carbocycles. The Morgan fingerprint density at radius 1 is 0.312 bits per heavy atom. The van der Waals surface area contributed by atoms with Gasteiger partial charge in [-0.25, -0.2) is 4.79 Å². The monoisotopic (exact) mass is 1090 g/mol. The van der Waals surface area contributed by atoms with Crippen molar-refractivity contribution in [2.45, 2.75) is 234 Å². The molecule has 0 radical (unpaired) electrons. The summed E-state index contributed by atoms with van der Waals surface area (Å²) in [7, 11) is 0. The molecule has 0 rings (SSSR count). The molecule has 0 unspecified atom stereocenters. The minimum absolute atomic E-state index is 0.0747. The Morgan fingerprint density at radius 2 is 0.597 bits per heavy atom. The van der Waals surface area contributed by atoms with Crippen LogP contribution in [-0.4, -0.2) is 119 Å². The number of hydrogen-bond acceptors (Lipinski definition) is 16. The average molecular weight is 1090 g/mol. The van der Waals surface area contributed by atoms with Crippen LogP contribution in [0.25, 0.3) is 0 Å². The second-order valence-electron chi connectivity index (χ2n) is 19.8. The molecule has 0 bridgehead atoms. The van der Waals surface area contributed by atoms with Crippen LogP contribution in [-0.2, 0) is 66.7 Å². The zero-order valence-corrected chi connectivity index (χ0v) is 48.7. The van der Waals surface area contributed by atoms with Crippen LogP contribution in [0.15, 0.2) is 36.5 Å². The van der Waals surface area contributed by atoms with E-state index in [1.165, 1.54) is 0 Å². The van der Waals surface area contributed by atoms with E-state index in [0.29, 0.717) is 103 Å². The molecule has 0 atom stereocenters. The molecule has 16 nitrogen and oxygen atoms in total. The molecular formula is C61H105NO15. The third-order valence-corrected chi connectivity index (χ3v) is 12.7. The molecular weight excluding hydrogens is 987 g/mol. The first-order valence-electron chi connectivity index (χ1n) is 29.8. The molecule has 0 aromatic carbocycles. The van der Waals surface area contributed by atoms with Gasteiger partial charge in [-0.15, -0.1) is 0 Å². The van der Waals surface area contributed by atoms with Gasteiger partial charge in [0.25, 0.3) is 0 Å². The zero-order chi connectivity index (χ0) is 56.7. The van der Waals surface area contributed by atoms with Crippen molar-refractivity contribution in [3.63, 3.8) is 0 Å². The maximum atomic E-state index is 13.2. The number of allylic oxidation sites excluding steroid dienone is 6. The number of nitrogens with zero attached hydrogens (tertiary/aromatic N) is 1. The first-order chi connectivity index (χ1) is 37.4. The molecule has 0 fully saturated rings. The fraction of sp³-hybridized carbons (Fsp3) is 0.787. The van der Waals surface area contributed by atoms with Gasteiger partial charge in [0, 0.05) is 45.1 Å². The Labute approximate surface area is 464 Å². The van der Waals surface area contributed by atoms with E-state index >= 15 is 0 Å². The van der Waals surface area contributed by atoms with E-state index in [4.69, 9.17) is 37.9 Å². The average Bonchev–Trinajstić information content (AvgIpc) is 3.42. The first-order valence-corrected chi connectivity index (χ1v) is 29.8. The summed E-state index contributed by atoms with van der Waals surface area (Å²) >= 11 is 0. The lowest BCUT2D eigenvalue weighted by Crippen LogP contribution is -2.44. The van der Waals surface area contributed by atoms with Gasteiger partial charge in [-0.2, -0.15) is 0 Å². The van der Waals surface area contributed by atoms with Crippen LogP contribution in [0.3, 0.4) is 0 Å². The summed E-state index contributed by atoms with van der Waals surface area (Å²) in [5, 5.41) is 0. The van der Waals surface area contributed by atoms with E-state index in [0.717, 1.165) is 116 Å². The molecule has 0 aromatic rings. The van der Waals surface area contributed by atoms with E-state index in [9.17, 15) is 33.6 Å². The third-order valence-electron chi connectivity index (χ3n) is 12.7. The van der Waals surface area contributed by atoms with Crippen LogP contribution >= 0.6 is 0 Å². The van der Waals surface area contributed by atoms with Gasteiger partial charge in [0.1, 0.15) is 31.8 Å². The molecule has 0 aliphatic carbocycles. The van der Waals surface area contributed by atoms with Crippen molar-refractivity contribution >= 4 is 42.0 Å². The maximum Gasteiger partial charge on any atom is 0.508 e. The predicted molar refractivity (Wildman–Crippen MR) is 301 cm³/mol. The number of hydrogen-bond donors (Lipinski definition) is 0. The van der Waals surface area contributed by atoms with Crippen molar-refractivity contribution in [1.82, 2.24) is 4.90 Å². The Morgan fingerprint density at radius 3 is 0.896 bits per heavy atom. The molecule has 444 valence electrons. The number of rotatable bonds is 53. The lowest BCUT2D eigenvalue weighted by atomic mass is 9.92. The summed E-state index contributed by atoms with van der Waals surface area (Å²) in [4.78, 5) is 91.3. The summed E-state index contributed by atoms with van der Waals surface area (Å²) in [6, 6.07) is 0. The largest absolute Gasteiger partial charge is 0.508 e. The van der Waals surface area contributed by atoms with Crippen molar-refractivity contribution in [1.29, 1.82) is 0 Å². The molecule has 0 spiro atoms. The predicted octanol–water partition coefficient (Wildman–Crippen LogP) is 13.5. The van der Waals surface area contributed by atoms with Gasteiger partial charge < -0.3 is 42.8 Å². The topological polar surface area (TPSA) is 197 Å². The van der Waals surface area contributed by atoms with E-state index < -0.39 is 36.1 Å². The number of ether oxygens (including phenoxy) is 8. The molecule has 0 aliphatic rings. The highest BCUT2D eigenvalue weighted by atomic mass is 16.7. The van der Waals surface area contributed by atoms with Crippen molar-refractivity contribution in [2.24, 2.45) is 5.41 Å². The van der Waals surface area contributed by atoms with Crippen LogP contribution in [0.5, 0.6) is 0 Å². The second-order valence-corrected chi connectivity index (χ2v) is 19.8. The van der Waals surface area contributed by atoms with Crippen LogP contribution in [0.2, 0.25) is 0 Å². The molecule has 0 heterocycles. The van der Waals surface area contributed by atoms with Crippen molar-refractivity contribution in [3.05, 3.63) is 36.5 Å². The highest BCUT2D eigenvalue weighted by molar-refractivity contribution is 5.71. The standard InChI is InChI=1S/C61H105NO15/c1-6-11-14-17-26-35-46-70-54(63)39-29-20-23-32-42-57(66)74-50-61(53-77-60(69)73-49-38-45-62(9-4)10-5,51-75-58(67)43-33-24-21-30-40-55(64)71-47-36-27-18-15-12-7-2)52-76-59(68)44-34-25-22-31-41-56(65)72-48-37-28-19-16-13-8-3/h11-16H,6-10,17-53H2,1-5H3/b14-11-,15-12-,16-13-. The van der Waals surface area contributed by atoms with Crippen LogP contribution in [0, 0.1) is 5.41 Å². The summed E-state index contributed by atoms with van der Waals surface area (Å²) in [6.07, 6.45) is 32.5. The van der Waals surface area contributed by atoms with Crippen LogP contribution in [0.4, 0.5) is 4.79 Å². The summed E-state index contributed by atoms with van der Waals surface area (Å²) in [6.45, 7) is 12.6. The molecule has 0 saturated heterocycles. The SMILES string of the molecule is CC/C=C\CCCCOC(=O)CCCCCCC(=O)OCC(COC(=O)CCCCCCC(=O)OCCCC/C=C\CC)(COC(=O)CCCCCCC(=O)OCCCC/C=C\CC)COC(=O)OCCCN(CC)CC. The first kappa shape index (κ1) is 72.3. The highest BCUT2D eigenvalue weighted by Gasteiger charge is 2.38.